The first-order valence-electron chi connectivity index (χ1n) is 9.88. The Bertz CT molecular complexity index is 620. The van der Waals surface area contributed by atoms with Crippen LogP contribution in [0.15, 0.2) is 35.3 Å². The van der Waals surface area contributed by atoms with Gasteiger partial charge in [-0.3, -0.25) is 9.69 Å². The van der Waals surface area contributed by atoms with Gasteiger partial charge in [0.15, 0.2) is 5.96 Å². The molecule has 6 nitrogen and oxygen atoms in total. The highest BCUT2D eigenvalue weighted by Crippen LogP contribution is 2.20. The number of halogens is 1. The molecule has 2 rings (SSSR count). The van der Waals surface area contributed by atoms with Crippen molar-refractivity contribution >= 4 is 35.8 Å². The molecule has 0 saturated carbocycles. The zero-order valence-electron chi connectivity index (χ0n) is 17.8. The lowest BCUT2D eigenvalue weighted by Gasteiger charge is -2.21. The Kier molecular flexibility index (Phi) is 10.8. The van der Waals surface area contributed by atoms with E-state index in [0.29, 0.717) is 18.0 Å². The molecule has 28 heavy (non-hydrogen) atoms. The van der Waals surface area contributed by atoms with Gasteiger partial charge in [0.2, 0.25) is 5.91 Å². The van der Waals surface area contributed by atoms with Gasteiger partial charge in [0, 0.05) is 45.8 Å². The summed E-state index contributed by atoms with van der Waals surface area (Å²) in [4.78, 5) is 20.5. The number of guanidine groups is 1. The molecule has 0 aromatic heterocycles. The highest BCUT2D eigenvalue weighted by molar-refractivity contribution is 14.0. The average Bonchev–Trinajstić information content (AvgIpc) is 2.96. The Hall–Kier alpha value is -1.35. The highest BCUT2D eigenvalue weighted by Gasteiger charge is 2.29. The molecule has 0 spiro atoms. The third kappa shape index (κ3) is 8.34. The van der Waals surface area contributed by atoms with Crippen molar-refractivity contribution < 1.29 is 4.79 Å². The Balaban J connectivity index is 0.00000392. The molecule has 0 bridgehead atoms. The quantitative estimate of drug-likeness (QED) is 0.343. The van der Waals surface area contributed by atoms with E-state index in [4.69, 9.17) is 0 Å². The van der Waals surface area contributed by atoms with Gasteiger partial charge < -0.3 is 15.5 Å². The molecule has 1 amide bonds. The maximum Gasteiger partial charge on any atom is 0.243 e. The van der Waals surface area contributed by atoms with Gasteiger partial charge in [-0.1, -0.05) is 44.2 Å². The van der Waals surface area contributed by atoms with Gasteiger partial charge in [0.1, 0.15) is 6.54 Å². The van der Waals surface area contributed by atoms with Crippen molar-refractivity contribution in [1.29, 1.82) is 0 Å². The number of hydrogen-bond donors (Lipinski definition) is 2. The van der Waals surface area contributed by atoms with Crippen LogP contribution in [0.3, 0.4) is 0 Å². The van der Waals surface area contributed by atoms with Crippen LogP contribution in [0.4, 0.5) is 0 Å². The predicted molar refractivity (Wildman–Crippen MR) is 127 cm³/mol. The standard InChI is InChI=1S/C21H35N5O.HI/c1-16(2)12-22-21(23-13-20(27)25(4)5)24-19-11-17(3)26(15-19)14-18-9-7-6-8-10-18;/h6-10,16-17,19H,11-15H2,1-5H3,(H2,22,23,24);1H. The molecule has 2 atom stereocenters. The number of rotatable bonds is 7. The minimum absolute atomic E-state index is 0. The van der Waals surface area contributed by atoms with Crippen molar-refractivity contribution in [3.63, 3.8) is 0 Å². The topological polar surface area (TPSA) is 60.0 Å². The Morgan fingerprint density at radius 3 is 2.57 bits per heavy atom. The minimum Gasteiger partial charge on any atom is -0.356 e. The monoisotopic (exact) mass is 501 g/mol. The van der Waals surface area contributed by atoms with E-state index < -0.39 is 0 Å². The van der Waals surface area contributed by atoms with Gasteiger partial charge in [-0.05, 0) is 24.8 Å². The van der Waals surface area contributed by atoms with Crippen LogP contribution in [0.5, 0.6) is 0 Å². The number of benzene rings is 1. The van der Waals surface area contributed by atoms with E-state index in [-0.39, 0.29) is 36.4 Å². The molecule has 1 aromatic carbocycles. The zero-order valence-corrected chi connectivity index (χ0v) is 20.1. The van der Waals surface area contributed by atoms with Crippen molar-refractivity contribution in [2.24, 2.45) is 10.9 Å². The van der Waals surface area contributed by atoms with Crippen molar-refractivity contribution in [3.05, 3.63) is 35.9 Å². The number of carbonyl (C=O) groups excluding carboxylic acids is 1. The van der Waals surface area contributed by atoms with Crippen LogP contribution in [0.25, 0.3) is 0 Å². The molecule has 0 radical (unpaired) electrons. The van der Waals surface area contributed by atoms with Gasteiger partial charge in [-0.15, -0.1) is 24.0 Å². The van der Waals surface area contributed by atoms with Crippen LogP contribution < -0.4 is 10.6 Å². The molecule has 0 aliphatic carbocycles. The van der Waals surface area contributed by atoms with E-state index in [0.717, 1.165) is 32.0 Å². The lowest BCUT2D eigenvalue weighted by molar-refractivity contribution is -0.127. The minimum atomic E-state index is 0. The Morgan fingerprint density at radius 1 is 1.29 bits per heavy atom. The summed E-state index contributed by atoms with van der Waals surface area (Å²) in [7, 11) is 3.51. The van der Waals surface area contributed by atoms with E-state index >= 15 is 0 Å². The van der Waals surface area contributed by atoms with Crippen LogP contribution in [0, 0.1) is 5.92 Å². The van der Waals surface area contributed by atoms with Crippen LogP contribution in [-0.2, 0) is 11.3 Å². The molecule has 158 valence electrons. The molecule has 7 heteroatoms. The fraction of sp³-hybridized carbons (Fsp3) is 0.619. The third-order valence-corrected chi connectivity index (χ3v) is 4.82. The van der Waals surface area contributed by atoms with Gasteiger partial charge >= 0.3 is 0 Å². The largest absolute Gasteiger partial charge is 0.356 e. The summed E-state index contributed by atoms with van der Waals surface area (Å²) in [6, 6.07) is 11.4. The molecule has 1 saturated heterocycles. The number of amides is 1. The average molecular weight is 501 g/mol. The summed E-state index contributed by atoms with van der Waals surface area (Å²) in [5.74, 6) is 1.25. The lowest BCUT2D eigenvalue weighted by atomic mass is 10.2. The smallest absolute Gasteiger partial charge is 0.243 e. The van der Waals surface area contributed by atoms with E-state index in [1.807, 2.05) is 0 Å². The predicted octanol–water partition coefficient (Wildman–Crippen LogP) is 2.55. The first-order valence-corrected chi connectivity index (χ1v) is 9.88. The first kappa shape index (κ1) is 24.7. The number of likely N-dealkylation sites (N-methyl/N-ethyl adjacent to an activating group) is 1. The molecule has 1 aromatic rings. The normalized spacial score (nSPS) is 20.0. The Morgan fingerprint density at radius 2 is 1.96 bits per heavy atom. The number of aliphatic imine (C=N–C) groups is 1. The first-order chi connectivity index (χ1) is 12.8. The van der Waals surface area contributed by atoms with Crippen LogP contribution in [0.1, 0.15) is 32.8 Å². The second-order valence-corrected chi connectivity index (χ2v) is 8.07. The summed E-state index contributed by atoms with van der Waals surface area (Å²) in [5.41, 5.74) is 1.34. The maximum absolute atomic E-state index is 11.9. The van der Waals surface area contributed by atoms with Crippen LogP contribution in [0.2, 0.25) is 0 Å². The summed E-state index contributed by atoms with van der Waals surface area (Å²) >= 11 is 0. The number of carbonyl (C=O) groups is 1. The molecular weight excluding hydrogens is 465 g/mol. The van der Waals surface area contributed by atoms with E-state index in [1.54, 1.807) is 19.0 Å². The maximum atomic E-state index is 11.9. The van der Waals surface area contributed by atoms with Gasteiger partial charge in [-0.25, -0.2) is 4.99 Å². The Labute approximate surface area is 187 Å². The summed E-state index contributed by atoms with van der Waals surface area (Å²) in [6.07, 6.45) is 1.07. The zero-order chi connectivity index (χ0) is 19.8. The van der Waals surface area contributed by atoms with Crippen molar-refractivity contribution in [2.45, 2.75) is 45.8 Å². The fourth-order valence-corrected chi connectivity index (χ4v) is 3.18. The summed E-state index contributed by atoms with van der Waals surface area (Å²) in [6.45, 7) is 9.53. The third-order valence-electron chi connectivity index (χ3n) is 4.82. The van der Waals surface area contributed by atoms with E-state index in [1.165, 1.54) is 5.56 Å². The van der Waals surface area contributed by atoms with Crippen molar-refractivity contribution in [1.82, 2.24) is 20.4 Å². The molecule has 1 aliphatic heterocycles. The van der Waals surface area contributed by atoms with Gasteiger partial charge in [0.25, 0.3) is 0 Å². The molecule has 1 aliphatic rings. The second-order valence-electron chi connectivity index (χ2n) is 8.07. The lowest BCUT2D eigenvalue weighted by Crippen LogP contribution is -2.46. The number of hydrogen-bond acceptors (Lipinski definition) is 3. The fourth-order valence-electron chi connectivity index (χ4n) is 3.18. The number of likely N-dealkylation sites (tertiary alicyclic amines) is 1. The highest BCUT2D eigenvalue weighted by atomic mass is 127. The molecule has 1 heterocycles. The second kappa shape index (κ2) is 12.3. The van der Waals surface area contributed by atoms with E-state index in [9.17, 15) is 4.79 Å². The number of nitrogens with zero attached hydrogens (tertiary/aromatic N) is 3. The molecule has 2 unspecified atom stereocenters. The van der Waals surface area contributed by atoms with Crippen molar-refractivity contribution in [2.75, 3.05) is 33.7 Å². The molecular formula is C21H36IN5O. The van der Waals surface area contributed by atoms with Crippen molar-refractivity contribution in [3.8, 4) is 0 Å². The van der Waals surface area contributed by atoms with E-state index in [2.05, 4.69) is 71.6 Å². The SMILES string of the molecule is CC(C)CNC(=NCC(=O)N(C)C)NC1CC(C)N(Cc2ccccc2)C1.I. The van der Waals surface area contributed by atoms with Gasteiger partial charge in [-0.2, -0.15) is 0 Å². The number of nitrogens with one attached hydrogen (secondary N) is 2. The summed E-state index contributed by atoms with van der Waals surface area (Å²) < 4.78 is 0. The molecule has 1 fully saturated rings. The van der Waals surface area contributed by atoms with Crippen LogP contribution >= 0.6 is 24.0 Å². The van der Waals surface area contributed by atoms with Crippen LogP contribution in [-0.4, -0.2) is 67.5 Å². The summed E-state index contributed by atoms with van der Waals surface area (Å²) in [5, 5.41) is 6.91. The molecule has 2 N–H and O–H groups in total. The van der Waals surface area contributed by atoms with Gasteiger partial charge in [0.05, 0.1) is 0 Å².